The number of carbonyl (C=O) groups excluding carboxylic acids is 3. The molecule has 0 aromatic carbocycles. The van der Waals surface area contributed by atoms with Crippen LogP contribution in [0.5, 0.6) is 0 Å². The third-order valence-electron chi connectivity index (χ3n) is 11.7. The summed E-state index contributed by atoms with van der Waals surface area (Å²) in [6.07, 6.45) is 34.0. The molecule has 0 amide bonds. The number of ether oxygens (including phenoxy) is 6. The Morgan fingerprint density at radius 2 is 0.667 bits per heavy atom. The number of carbonyl (C=O) groups is 3. The van der Waals surface area contributed by atoms with Gasteiger partial charge in [-0.3, -0.25) is 0 Å². The third kappa shape index (κ3) is 41.1. The Kier molecular flexibility index (Phi) is 43.1. The number of hydrogen-bond acceptors (Lipinski definition) is 10. The average Bonchev–Trinajstić information content (AvgIpc) is 3.22. The van der Waals surface area contributed by atoms with Crippen molar-refractivity contribution in [2.75, 3.05) is 53.7 Å². The van der Waals surface area contributed by atoms with Crippen LogP contribution in [0.2, 0.25) is 0 Å². The van der Waals surface area contributed by atoms with Crippen molar-refractivity contribution >= 4 is 18.5 Å². The highest BCUT2D eigenvalue weighted by molar-refractivity contribution is 5.60. The van der Waals surface area contributed by atoms with Gasteiger partial charge in [-0.2, -0.15) is 0 Å². The summed E-state index contributed by atoms with van der Waals surface area (Å²) in [7, 11) is 3.89. The maximum Gasteiger partial charge on any atom is 0.508 e. The van der Waals surface area contributed by atoms with E-state index < -0.39 is 18.5 Å². The van der Waals surface area contributed by atoms with Gasteiger partial charge in [-0.1, -0.05) is 182 Å². The van der Waals surface area contributed by atoms with Crippen LogP contribution in [0.4, 0.5) is 14.4 Å². The number of rotatable bonds is 44. The topological polar surface area (TPSA) is 110 Å². The van der Waals surface area contributed by atoms with E-state index in [2.05, 4.69) is 27.7 Å². The molecule has 0 aromatic heterocycles. The first-order valence-corrected chi connectivity index (χ1v) is 25.3. The standard InChI is InChI=1S/C50H97NO9/c1-7-11-23-31-45(32-24-12-8-2)37-42-57-48(52)55-40-29-21-17-15-19-27-35-47(60-50(54)59-44-39-51(5)6)36-28-20-16-18-22-30-41-56-49(53)58-43-38-46(33-25-13-9-3)34-26-14-10-4/h45-47H,7-44H2,1-6H3. The monoisotopic (exact) mass is 856 g/mol. The Morgan fingerprint density at radius 1 is 0.350 bits per heavy atom. The van der Waals surface area contributed by atoms with Gasteiger partial charge in [0.1, 0.15) is 12.7 Å². The van der Waals surface area contributed by atoms with Crippen molar-refractivity contribution in [1.82, 2.24) is 4.90 Å². The van der Waals surface area contributed by atoms with Gasteiger partial charge in [0.2, 0.25) is 0 Å². The van der Waals surface area contributed by atoms with Crippen molar-refractivity contribution in [3.63, 3.8) is 0 Å². The van der Waals surface area contributed by atoms with E-state index in [0.29, 0.717) is 51.4 Å². The summed E-state index contributed by atoms with van der Waals surface area (Å²) in [4.78, 5) is 38.6. The summed E-state index contributed by atoms with van der Waals surface area (Å²) in [6, 6.07) is 0. The van der Waals surface area contributed by atoms with E-state index in [1.807, 2.05) is 19.0 Å². The molecule has 0 saturated carbocycles. The number of likely N-dealkylation sites (N-methyl/N-ethyl adjacent to an activating group) is 1. The van der Waals surface area contributed by atoms with Crippen LogP contribution in [0.15, 0.2) is 0 Å². The number of hydrogen-bond donors (Lipinski definition) is 0. The van der Waals surface area contributed by atoms with Gasteiger partial charge >= 0.3 is 18.5 Å². The Labute approximate surface area is 370 Å². The lowest BCUT2D eigenvalue weighted by Crippen LogP contribution is -2.23. The first-order valence-electron chi connectivity index (χ1n) is 25.3. The smallest absolute Gasteiger partial charge is 0.434 e. The second-order valence-electron chi connectivity index (χ2n) is 17.6. The predicted molar refractivity (Wildman–Crippen MR) is 247 cm³/mol. The molecule has 0 saturated heterocycles. The second kappa shape index (κ2) is 44.8. The van der Waals surface area contributed by atoms with Crippen molar-refractivity contribution in [2.24, 2.45) is 11.8 Å². The maximum absolute atomic E-state index is 12.4. The molecule has 0 bridgehead atoms. The molecule has 0 aliphatic heterocycles. The van der Waals surface area contributed by atoms with Crippen LogP contribution < -0.4 is 0 Å². The van der Waals surface area contributed by atoms with Crippen molar-refractivity contribution in [3.05, 3.63) is 0 Å². The SMILES string of the molecule is CCCCCC(CCCCC)CCOC(=O)OCCCCCCCCC(CCCCCCCCOC(=O)OCCC(CCCCC)CCCCC)OC(=O)OCCN(C)C. The highest BCUT2D eigenvalue weighted by atomic mass is 16.7. The molecule has 60 heavy (non-hydrogen) atoms. The molecule has 0 heterocycles. The minimum Gasteiger partial charge on any atom is -0.434 e. The minimum atomic E-state index is -0.573. The Bertz CT molecular complexity index is 869. The fraction of sp³-hybridized carbons (Fsp3) is 0.940. The van der Waals surface area contributed by atoms with Crippen molar-refractivity contribution < 1.29 is 42.8 Å². The Balaban J connectivity index is 4.22. The van der Waals surface area contributed by atoms with Crippen molar-refractivity contribution in [1.29, 1.82) is 0 Å². The zero-order valence-corrected chi connectivity index (χ0v) is 40.2. The van der Waals surface area contributed by atoms with Crippen molar-refractivity contribution in [2.45, 2.75) is 239 Å². The predicted octanol–water partition coefficient (Wildman–Crippen LogP) is 15.2. The summed E-state index contributed by atoms with van der Waals surface area (Å²) >= 11 is 0. The number of unbranched alkanes of at least 4 members (excludes halogenated alkanes) is 18. The molecular formula is C50H97NO9. The van der Waals surface area contributed by atoms with Crippen LogP contribution in [0.3, 0.4) is 0 Å². The average molecular weight is 856 g/mol. The molecule has 0 atom stereocenters. The van der Waals surface area contributed by atoms with Gasteiger partial charge in [-0.15, -0.1) is 0 Å². The van der Waals surface area contributed by atoms with E-state index in [1.165, 1.54) is 103 Å². The molecule has 0 unspecified atom stereocenters. The molecule has 0 N–H and O–H groups in total. The molecule has 0 spiro atoms. The van der Waals surface area contributed by atoms with E-state index in [4.69, 9.17) is 28.4 Å². The zero-order chi connectivity index (χ0) is 44.2. The van der Waals surface area contributed by atoms with Crippen LogP contribution >= 0.6 is 0 Å². The van der Waals surface area contributed by atoms with Gasteiger partial charge in [0.15, 0.2) is 0 Å². The Morgan fingerprint density at radius 3 is 1.03 bits per heavy atom. The van der Waals surface area contributed by atoms with Gasteiger partial charge in [-0.25, -0.2) is 14.4 Å². The van der Waals surface area contributed by atoms with E-state index >= 15 is 0 Å². The van der Waals surface area contributed by atoms with E-state index in [0.717, 1.165) is 103 Å². The first kappa shape index (κ1) is 57.8. The maximum atomic E-state index is 12.4. The van der Waals surface area contributed by atoms with E-state index in [-0.39, 0.29) is 6.10 Å². The quantitative estimate of drug-likeness (QED) is 0.0334. The Hall–Kier alpha value is -2.23. The molecule has 0 aliphatic rings. The molecule has 10 nitrogen and oxygen atoms in total. The molecule has 0 aliphatic carbocycles. The molecule has 0 rings (SSSR count). The molecule has 356 valence electrons. The van der Waals surface area contributed by atoms with Crippen LogP contribution in [-0.2, 0) is 28.4 Å². The first-order chi connectivity index (χ1) is 29.2. The largest absolute Gasteiger partial charge is 0.508 e. The van der Waals surface area contributed by atoms with Gasteiger partial charge in [0.25, 0.3) is 0 Å². The lowest BCUT2D eigenvalue weighted by molar-refractivity contribution is 0.0138. The van der Waals surface area contributed by atoms with Crippen molar-refractivity contribution in [3.8, 4) is 0 Å². The van der Waals surface area contributed by atoms with Gasteiger partial charge in [-0.05, 0) is 77.3 Å². The lowest BCUT2D eigenvalue weighted by atomic mass is 9.92. The lowest BCUT2D eigenvalue weighted by Gasteiger charge is -2.18. The van der Waals surface area contributed by atoms with E-state index in [9.17, 15) is 14.4 Å². The summed E-state index contributed by atoms with van der Waals surface area (Å²) in [5, 5.41) is 0. The number of nitrogens with zero attached hydrogens (tertiary/aromatic N) is 1. The van der Waals surface area contributed by atoms with Crippen LogP contribution in [0, 0.1) is 11.8 Å². The molecule has 0 aromatic rings. The van der Waals surface area contributed by atoms with Gasteiger partial charge in [0, 0.05) is 6.54 Å². The third-order valence-corrected chi connectivity index (χ3v) is 11.7. The van der Waals surface area contributed by atoms with E-state index in [1.54, 1.807) is 0 Å². The van der Waals surface area contributed by atoms with Crippen LogP contribution in [0.25, 0.3) is 0 Å². The highest BCUT2D eigenvalue weighted by Crippen LogP contribution is 2.23. The summed E-state index contributed by atoms with van der Waals surface area (Å²) in [5.74, 6) is 1.28. The normalized spacial score (nSPS) is 11.5. The summed E-state index contributed by atoms with van der Waals surface area (Å²) < 4.78 is 32.6. The molecular weight excluding hydrogens is 759 g/mol. The van der Waals surface area contributed by atoms with Gasteiger partial charge in [0.05, 0.1) is 26.4 Å². The molecule has 10 heteroatoms. The highest BCUT2D eigenvalue weighted by Gasteiger charge is 2.16. The molecule has 0 fully saturated rings. The van der Waals surface area contributed by atoms with Crippen LogP contribution in [-0.4, -0.2) is 83.1 Å². The minimum absolute atomic E-state index is 0.137. The zero-order valence-electron chi connectivity index (χ0n) is 40.2. The summed E-state index contributed by atoms with van der Waals surface area (Å²) in [6.45, 7) is 11.7. The fourth-order valence-electron chi connectivity index (χ4n) is 7.72. The van der Waals surface area contributed by atoms with Gasteiger partial charge < -0.3 is 33.3 Å². The van der Waals surface area contributed by atoms with Crippen LogP contribution in [0.1, 0.15) is 233 Å². The second-order valence-corrected chi connectivity index (χ2v) is 17.6. The summed E-state index contributed by atoms with van der Waals surface area (Å²) in [5.41, 5.74) is 0. The molecule has 0 radical (unpaired) electrons. The fourth-order valence-corrected chi connectivity index (χ4v) is 7.72.